The van der Waals surface area contributed by atoms with Gasteiger partial charge in [-0.25, -0.2) is 9.97 Å². The molecule has 0 bridgehead atoms. The second-order valence-corrected chi connectivity index (χ2v) is 35.1. The summed E-state index contributed by atoms with van der Waals surface area (Å²) in [6, 6.07) is 23.9. The van der Waals surface area contributed by atoms with Gasteiger partial charge in [-0.15, -0.1) is 0 Å². The van der Waals surface area contributed by atoms with Crippen LogP contribution in [-0.2, 0) is 51.6 Å². The first kappa shape index (κ1) is 95.2. The third kappa shape index (κ3) is 31.4. The highest BCUT2D eigenvalue weighted by atomic mass is 127. The molecule has 0 atom stereocenters. The topological polar surface area (TPSA) is 212 Å². The number of hydrogen-bond acceptors (Lipinski definition) is 23. The van der Waals surface area contributed by atoms with Crippen molar-refractivity contribution in [3.05, 3.63) is 118 Å². The van der Waals surface area contributed by atoms with Gasteiger partial charge in [0.2, 0.25) is 0 Å². The number of morpholine rings is 5. The van der Waals surface area contributed by atoms with Gasteiger partial charge in [0.05, 0.1) is 132 Å². The van der Waals surface area contributed by atoms with Gasteiger partial charge >= 0.3 is 21.1 Å². The van der Waals surface area contributed by atoms with E-state index in [1.807, 2.05) is 138 Å². The molecule has 0 radical (unpaired) electrons. The lowest BCUT2D eigenvalue weighted by atomic mass is 9.49. The van der Waals surface area contributed by atoms with Crippen molar-refractivity contribution in [3.63, 3.8) is 0 Å². The maximum atomic E-state index is 8.96. The summed E-state index contributed by atoms with van der Waals surface area (Å²) in [4.78, 5) is 19.7. The number of hydrogen-bond donors (Lipinski definition) is 2. The first-order valence-corrected chi connectivity index (χ1v) is 42.7. The van der Waals surface area contributed by atoms with E-state index in [4.69, 9.17) is 134 Å². The summed E-state index contributed by atoms with van der Waals surface area (Å²) >= 11 is 37.8. The minimum atomic E-state index is -0.476. The lowest BCUT2D eigenvalue weighted by Crippen LogP contribution is -2.41. The highest BCUT2D eigenvalue weighted by Crippen LogP contribution is 2.44. The zero-order valence-corrected chi connectivity index (χ0v) is 75.5. The zero-order chi connectivity index (χ0) is 80.1. The fraction of sp³-hybridized carbons (Fsp3) is 0.632. The zero-order valence-electron chi connectivity index (χ0n) is 65.8. The Kier molecular flexibility index (Phi) is 40.7. The van der Waals surface area contributed by atoms with Crippen molar-refractivity contribution < 1.29 is 76.0 Å². The molecule has 4 aromatic carbocycles. The number of aliphatic hydroxyl groups is 1. The van der Waals surface area contributed by atoms with Crippen LogP contribution in [0.15, 0.2) is 85.2 Å². The maximum Gasteiger partial charge on any atom is 0.494 e. The Morgan fingerprint density at radius 1 is 0.418 bits per heavy atom. The molecule has 5 aromatic rings. The Labute approximate surface area is 714 Å². The summed E-state index contributed by atoms with van der Waals surface area (Å²) < 4.78 is 81.9. The molecule has 13 rings (SSSR count). The first-order valence-electron chi connectivity index (χ1n) is 37.5. The van der Waals surface area contributed by atoms with E-state index in [2.05, 4.69) is 95.6 Å². The molecule has 0 saturated carbocycles. The molecule has 8 fully saturated rings. The van der Waals surface area contributed by atoms with Crippen LogP contribution in [0.5, 0.6) is 23.0 Å². The van der Waals surface area contributed by atoms with E-state index in [-0.39, 0.29) is 46.0 Å². The largest absolute Gasteiger partial charge is 0.506 e. The van der Waals surface area contributed by atoms with Gasteiger partial charge < -0.3 is 76.0 Å². The molecule has 0 amide bonds. The Morgan fingerprint density at radius 3 is 1.13 bits per heavy atom. The van der Waals surface area contributed by atoms with Gasteiger partial charge in [-0.3, -0.25) is 24.5 Å². The van der Waals surface area contributed by atoms with Crippen LogP contribution in [0.2, 0.25) is 25.2 Å². The van der Waals surface area contributed by atoms with Crippen molar-refractivity contribution in [1.29, 1.82) is 0 Å². The average Bonchev–Trinajstić information content (AvgIpc) is 1.61. The summed E-state index contributed by atoms with van der Waals surface area (Å²) in [5.74, 6) is 2.23. The molecule has 612 valence electrons. The highest BCUT2D eigenvalue weighted by Gasteiger charge is 2.64. The quantitative estimate of drug-likeness (QED) is 0.0340. The maximum absolute atomic E-state index is 8.96. The number of rotatable bonds is 19. The van der Waals surface area contributed by atoms with E-state index >= 15 is 0 Å². The number of halogens is 8. The molecule has 8 aliphatic heterocycles. The number of alkyl halides is 1. The summed E-state index contributed by atoms with van der Waals surface area (Å²) in [5.41, 5.74) is 0.373. The Morgan fingerprint density at radius 2 is 0.755 bits per heavy atom. The second kappa shape index (κ2) is 47.0. The van der Waals surface area contributed by atoms with E-state index in [0.29, 0.717) is 56.6 Å². The number of nitrogens with zero attached hydrogens (tertiary/aromatic N) is 7. The molecular weight excluding hydrogens is 1810 g/mol. The number of β-amino-alcohol motifs (C(OH)–C–C–N with tert-alkyl or cyclic N) is 1. The molecule has 8 aliphatic rings. The van der Waals surface area contributed by atoms with Crippen molar-refractivity contribution in [1.82, 2.24) is 34.5 Å². The van der Waals surface area contributed by atoms with Gasteiger partial charge in [0.25, 0.3) is 0 Å². The number of aromatic hydroxyl groups is 1. The molecule has 0 unspecified atom stereocenters. The van der Waals surface area contributed by atoms with Gasteiger partial charge in [0, 0.05) is 122 Å². The summed E-state index contributed by atoms with van der Waals surface area (Å²) in [7, 11) is -1.36. The Hall–Kier alpha value is -1.94. The normalized spacial score (nSPS) is 20.8. The second-order valence-electron chi connectivity index (χ2n) is 29.8. The molecule has 34 heteroatoms. The molecule has 8 saturated heterocycles. The van der Waals surface area contributed by atoms with Crippen molar-refractivity contribution >= 4 is 146 Å². The van der Waals surface area contributed by atoms with E-state index in [1.165, 1.54) is 6.33 Å². The minimum Gasteiger partial charge on any atom is -0.506 e. The predicted molar refractivity (Wildman–Crippen MR) is 460 cm³/mol. The molecule has 0 aliphatic carbocycles. The van der Waals surface area contributed by atoms with Crippen LogP contribution in [0, 0.1) is 7.14 Å². The monoisotopic (exact) mass is 1920 g/mol. The Bertz CT molecular complexity index is 3430. The van der Waals surface area contributed by atoms with Crippen molar-refractivity contribution in [2.45, 2.75) is 117 Å². The van der Waals surface area contributed by atoms with E-state index in [0.717, 1.165) is 199 Å². The van der Waals surface area contributed by atoms with Gasteiger partial charge in [-0.2, -0.15) is 0 Å². The SMILES string of the molecule is BrCCN1CCOCC1.CC1(C)OB(B2OC(C)(C)C(C)(C)O2)OC1(C)C.CC1(C)OB(c2ccc(Cl)c(OCCN3CCOCC3)c2)OC1(C)C.Clc1cc(-c2ccc(Cl)c(OCCN3CCOCC3)c2)ncn1.Clc1ccc(I)cc1OCCN1CCOCC1.OCCN1CCOCC1.Oc1cc(I)ccc1Cl. The predicted octanol–water partition coefficient (Wildman–Crippen LogP) is 13.1. The number of phenols is 1. The summed E-state index contributed by atoms with van der Waals surface area (Å²) in [6.07, 6.45) is 1.44. The fourth-order valence-electron chi connectivity index (χ4n) is 11.3. The van der Waals surface area contributed by atoms with E-state index < -0.39 is 21.1 Å². The number of aromatic nitrogens is 2. The van der Waals surface area contributed by atoms with Crippen molar-refractivity contribution in [2.75, 3.05) is 196 Å². The van der Waals surface area contributed by atoms with Crippen LogP contribution in [0.3, 0.4) is 0 Å². The molecular formula is C76H112B3BrCl5I2N7O16. The third-order valence-electron chi connectivity index (χ3n) is 20.2. The number of phenolic OH excluding ortho intramolecular Hbond substituents is 1. The number of aliphatic hydroxyl groups excluding tert-OH is 1. The molecule has 2 N–H and O–H groups in total. The van der Waals surface area contributed by atoms with Gasteiger partial charge in [-0.05, 0) is 194 Å². The van der Waals surface area contributed by atoms with Crippen molar-refractivity contribution in [2.24, 2.45) is 0 Å². The van der Waals surface area contributed by atoms with Crippen LogP contribution in [-0.4, -0.2) is 295 Å². The smallest absolute Gasteiger partial charge is 0.494 e. The van der Waals surface area contributed by atoms with Gasteiger partial charge in [0.1, 0.15) is 54.3 Å². The molecule has 110 heavy (non-hydrogen) atoms. The molecule has 0 spiro atoms. The molecule has 9 heterocycles. The van der Waals surface area contributed by atoms with Crippen LogP contribution in [0.1, 0.15) is 83.1 Å². The minimum absolute atomic E-state index is 0.142. The summed E-state index contributed by atoms with van der Waals surface area (Å²) in [6.45, 7) is 49.2. The van der Waals surface area contributed by atoms with Crippen LogP contribution >= 0.6 is 119 Å². The fourth-order valence-corrected chi connectivity index (χ4v) is 13.6. The number of ether oxygens (including phenoxy) is 8. The van der Waals surface area contributed by atoms with Crippen LogP contribution in [0.4, 0.5) is 0 Å². The third-order valence-corrected chi connectivity index (χ3v) is 23.4. The van der Waals surface area contributed by atoms with Gasteiger partial charge in [-0.1, -0.05) is 86.1 Å². The molecule has 1 aromatic heterocycles. The average molecular weight is 1920 g/mol. The first-order chi connectivity index (χ1) is 52.2. The van der Waals surface area contributed by atoms with Crippen molar-refractivity contribution in [3.8, 4) is 34.3 Å². The lowest BCUT2D eigenvalue weighted by Gasteiger charge is -2.32. The summed E-state index contributed by atoms with van der Waals surface area (Å²) in [5, 5.41) is 21.2. The molecule has 23 nitrogen and oxygen atoms in total. The van der Waals surface area contributed by atoms with E-state index in [1.54, 1.807) is 24.3 Å². The lowest BCUT2D eigenvalue weighted by molar-refractivity contribution is 0.00578. The number of benzene rings is 4. The standard InChI is InChI=1S/C18H27BClNO4.C16H17Cl2N3O2.C12H24B2O4.C12H15ClINO2.C6H12BrNO.C6H4ClIO.C6H13NO2/c1-17(2)18(3,4)25-19(24-17)14-5-6-15(20)16(13-14)23-12-9-21-7-10-22-11-8-21;17-13-2-1-12(14-10-16(18)20-11-19-14)9-15(13)23-8-5-21-3-6-22-7-4-21;1-9(2)10(3,4)16-13(15-9)14-17-11(5,6)12(7,8)18-14;13-11-2-1-10(14)9-12(11)17-8-5-15-3-6-16-7-4-15;7-1-2-8-3-5-9-6-4-8;7-5-2-1-4(8)3-6(5)9;8-4-1-7-2-5-9-6-3-7/h5-6,13H,7-12H2,1-4H3;1-2,9-11H,3-8H2;1-8H3;1-2,9H,3-8H2;1-6H2;1-3,9H;8H,1-6H2. The Balaban J connectivity index is 0.000000184. The highest BCUT2D eigenvalue weighted by molar-refractivity contribution is 14.1. The van der Waals surface area contributed by atoms with Gasteiger partial charge in [0.15, 0.2) is 0 Å². The van der Waals surface area contributed by atoms with Crippen LogP contribution in [0.25, 0.3) is 11.3 Å². The van der Waals surface area contributed by atoms with Crippen LogP contribution < -0.4 is 19.7 Å². The van der Waals surface area contributed by atoms with E-state index in [9.17, 15) is 0 Å².